The van der Waals surface area contributed by atoms with Crippen molar-refractivity contribution in [2.24, 2.45) is 4.99 Å². The SMILES string of the molecule is CCNC(=NCCCCN(C)C(C)C)NC1CC(C)N(Cc2ccccc2)C1. The molecule has 2 N–H and O–H groups in total. The molecule has 0 radical (unpaired) electrons. The van der Waals surface area contributed by atoms with Crippen molar-refractivity contribution < 1.29 is 0 Å². The maximum absolute atomic E-state index is 4.81. The van der Waals surface area contributed by atoms with Gasteiger partial charge in [0.1, 0.15) is 0 Å². The maximum Gasteiger partial charge on any atom is 0.191 e. The van der Waals surface area contributed by atoms with Crippen molar-refractivity contribution >= 4 is 5.96 Å². The third-order valence-corrected chi connectivity index (χ3v) is 5.69. The first-order chi connectivity index (χ1) is 13.5. The van der Waals surface area contributed by atoms with Gasteiger partial charge in [0, 0.05) is 44.3 Å². The third-order valence-electron chi connectivity index (χ3n) is 5.69. The zero-order valence-electron chi connectivity index (χ0n) is 18.6. The number of likely N-dealkylation sites (tertiary alicyclic amines) is 1. The largest absolute Gasteiger partial charge is 0.357 e. The fraction of sp³-hybridized carbons (Fsp3) is 0.696. The van der Waals surface area contributed by atoms with Crippen molar-refractivity contribution in [3.63, 3.8) is 0 Å². The summed E-state index contributed by atoms with van der Waals surface area (Å²) < 4.78 is 0. The number of aliphatic imine (C=N–C) groups is 1. The second kappa shape index (κ2) is 12.1. The minimum atomic E-state index is 0.462. The Bertz CT molecular complexity index is 572. The Kier molecular flexibility index (Phi) is 9.79. The topological polar surface area (TPSA) is 42.9 Å². The van der Waals surface area contributed by atoms with Crippen LogP contribution in [0.1, 0.15) is 52.5 Å². The summed E-state index contributed by atoms with van der Waals surface area (Å²) >= 11 is 0. The van der Waals surface area contributed by atoms with Crippen LogP contribution < -0.4 is 10.6 Å². The van der Waals surface area contributed by atoms with Gasteiger partial charge in [-0.2, -0.15) is 0 Å². The zero-order chi connectivity index (χ0) is 20.4. The molecule has 0 bridgehead atoms. The number of rotatable bonds is 10. The van der Waals surface area contributed by atoms with E-state index in [-0.39, 0.29) is 0 Å². The maximum atomic E-state index is 4.81. The van der Waals surface area contributed by atoms with Gasteiger partial charge in [-0.15, -0.1) is 0 Å². The van der Waals surface area contributed by atoms with Gasteiger partial charge >= 0.3 is 0 Å². The number of guanidine groups is 1. The third kappa shape index (κ3) is 7.80. The molecule has 158 valence electrons. The van der Waals surface area contributed by atoms with Crippen LogP contribution in [0.15, 0.2) is 35.3 Å². The van der Waals surface area contributed by atoms with E-state index in [1.54, 1.807) is 0 Å². The van der Waals surface area contributed by atoms with Crippen LogP contribution in [0, 0.1) is 0 Å². The molecule has 28 heavy (non-hydrogen) atoms. The monoisotopic (exact) mass is 387 g/mol. The van der Waals surface area contributed by atoms with Gasteiger partial charge in [-0.25, -0.2) is 0 Å². The lowest BCUT2D eigenvalue weighted by Gasteiger charge is -2.21. The van der Waals surface area contributed by atoms with Crippen molar-refractivity contribution in [1.29, 1.82) is 0 Å². The van der Waals surface area contributed by atoms with Gasteiger partial charge in [0.25, 0.3) is 0 Å². The molecule has 5 nitrogen and oxygen atoms in total. The highest BCUT2D eigenvalue weighted by atomic mass is 15.3. The van der Waals surface area contributed by atoms with Crippen molar-refractivity contribution in [3.8, 4) is 0 Å². The smallest absolute Gasteiger partial charge is 0.191 e. The first-order valence-electron chi connectivity index (χ1n) is 11.0. The van der Waals surface area contributed by atoms with Gasteiger partial charge in [-0.1, -0.05) is 30.3 Å². The molecule has 5 heteroatoms. The Morgan fingerprint density at radius 3 is 2.68 bits per heavy atom. The number of unbranched alkanes of at least 4 members (excludes halogenated alkanes) is 1. The highest BCUT2D eigenvalue weighted by molar-refractivity contribution is 5.80. The fourth-order valence-corrected chi connectivity index (χ4v) is 3.68. The summed E-state index contributed by atoms with van der Waals surface area (Å²) in [5, 5.41) is 7.08. The van der Waals surface area contributed by atoms with E-state index in [0.717, 1.165) is 51.5 Å². The number of benzene rings is 1. The van der Waals surface area contributed by atoms with E-state index < -0.39 is 0 Å². The minimum Gasteiger partial charge on any atom is -0.357 e. The molecule has 0 aliphatic carbocycles. The lowest BCUT2D eigenvalue weighted by Crippen LogP contribution is -2.44. The van der Waals surface area contributed by atoms with E-state index >= 15 is 0 Å². The highest BCUT2D eigenvalue weighted by Gasteiger charge is 2.29. The Balaban J connectivity index is 1.78. The van der Waals surface area contributed by atoms with E-state index in [4.69, 9.17) is 4.99 Å². The van der Waals surface area contributed by atoms with Crippen LogP contribution in [-0.4, -0.2) is 67.1 Å². The molecule has 2 rings (SSSR count). The van der Waals surface area contributed by atoms with Crippen LogP contribution in [-0.2, 0) is 6.54 Å². The highest BCUT2D eigenvalue weighted by Crippen LogP contribution is 2.20. The molecule has 0 saturated carbocycles. The molecule has 2 unspecified atom stereocenters. The first kappa shape index (κ1) is 22.7. The number of nitrogens with zero attached hydrogens (tertiary/aromatic N) is 3. The van der Waals surface area contributed by atoms with Gasteiger partial charge in [0.15, 0.2) is 5.96 Å². The fourth-order valence-electron chi connectivity index (χ4n) is 3.68. The average molecular weight is 388 g/mol. The molecule has 0 amide bonds. The van der Waals surface area contributed by atoms with Gasteiger partial charge in [-0.05, 0) is 66.1 Å². The Morgan fingerprint density at radius 1 is 1.25 bits per heavy atom. The van der Waals surface area contributed by atoms with Crippen LogP contribution >= 0.6 is 0 Å². The van der Waals surface area contributed by atoms with Crippen LogP contribution in [0.25, 0.3) is 0 Å². The van der Waals surface area contributed by atoms with Crippen molar-refractivity contribution in [3.05, 3.63) is 35.9 Å². The predicted octanol–water partition coefficient (Wildman–Crippen LogP) is 3.32. The lowest BCUT2D eigenvalue weighted by atomic mass is 10.2. The van der Waals surface area contributed by atoms with Crippen LogP contribution in [0.4, 0.5) is 0 Å². The standard InChI is InChI=1S/C23H41N5/c1-6-24-23(25-14-10-11-15-27(5)19(2)3)26-22-16-20(4)28(18-22)17-21-12-8-7-9-13-21/h7-9,12-13,19-20,22H,6,10-11,14-18H2,1-5H3,(H2,24,25,26). The summed E-state index contributed by atoms with van der Waals surface area (Å²) in [5.74, 6) is 0.971. The average Bonchev–Trinajstić information content (AvgIpc) is 3.01. The van der Waals surface area contributed by atoms with Gasteiger partial charge in [-0.3, -0.25) is 9.89 Å². The lowest BCUT2D eigenvalue weighted by molar-refractivity contribution is 0.258. The normalized spacial score (nSPS) is 20.9. The Morgan fingerprint density at radius 2 is 2.00 bits per heavy atom. The molecule has 1 saturated heterocycles. The summed E-state index contributed by atoms with van der Waals surface area (Å²) in [7, 11) is 2.20. The van der Waals surface area contributed by atoms with Gasteiger partial charge in [0.05, 0.1) is 0 Å². The molecule has 1 fully saturated rings. The van der Waals surface area contributed by atoms with Gasteiger partial charge in [0.2, 0.25) is 0 Å². The number of nitrogens with one attached hydrogen (secondary N) is 2. The summed E-state index contributed by atoms with van der Waals surface area (Å²) in [6, 6.07) is 12.4. The second-order valence-corrected chi connectivity index (χ2v) is 8.38. The molecule has 0 spiro atoms. The summed E-state index contributed by atoms with van der Waals surface area (Å²) in [6.45, 7) is 14.0. The van der Waals surface area contributed by atoms with Crippen molar-refractivity contribution in [2.75, 3.05) is 33.2 Å². The summed E-state index contributed by atoms with van der Waals surface area (Å²) in [6.07, 6.45) is 3.49. The van der Waals surface area contributed by atoms with Gasteiger partial charge < -0.3 is 15.5 Å². The Hall–Kier alpha value is -1.59. The first-order valence-corrected chi connectivity index (χ1v) is 11.0. The molecule has 1 aliphatic heterocycles. The van der Waals surface area contributed by atoms with Crippen LogP contribution in [0.5, 0.6) is 0 Å². The molecular formula is C23H41N5. The van der Waals surface area contributed by atoms with E-state index in [9.17, 15) is 0 Å². The van der Waals surface area contributed by atoms with Crippen LogP contribution in [0.3, 0.4) is 0 Å². The summed E-state index contributed by atoms with van der Waals surface area (Å²) in [4.78, 5) is 9.78. The molecule has 2 atom stereocenters. The van der Waals surface area contributed by atoms with Crippen molar-refractivity contribution in [2.45, 2.75) is 71.6 Å². The molecule has 1 aliphatic rings. The van der Waals surface area contributed by atoms with E-state index in [1.165, 1.54) is 12.0 Å². The van der Waals surface area contributed by atoms with Crippen molar-refractivity contribution in [1.82, 2.24) is 20.4 Å². The van der Waals surface area contributed by atoms with E-state index in [2.05, 4.69) is 85.5 Å². The molecule has 0 aromatic heterocycles. The molecule has 1 heterocycles. The predicted molar refractivity (Wildman–Crippen MR) is 121 cm³/mol. The number of hydrogen-bond donors (Lipinski definition) is 2. The quantitative estimate of drug-likeness (QED) is 0.367. The minimum absolute atomic E-state index is 0.462. The molecule has 1 aromatic rings. The van der Waals surface area contributed by atoms with E-state index in [1.807, 2.05) is 0 Å². The molecular weight excluding hydrogens is 346 g/mol. The second-order valence-electron chi connectivity index (χ2n) is 8.38. The van der Waals surface area contributed by atoms with E-state index in [0.29, 0.717) is 18.1 Å². The molecule has 1 aromatic carbocycles. The number of hydrogen-bond acceptors (Lipinski definition) is 3. The van der Waals surface area contributed by atoms with Crippen LogP contribution in [0.2, 0.25) is 0 Å². The zero-order valence-corrected chi connectivity index (χ0v) is 18.6. The summed E-state index contributed by atoms with van der Waals surface area (Å²) in [5.41, 5.74) is 1.39. The Labute approximate surface area is 172 Å².